The fraction of sp³-hybridized carbons (Fsp3) is 0.167. The Labute approximate surface area is 164 Å². The van der Waals surface area contributed by atoms with Crippen molar-refractivity contribution in [2.24, 2.45) is 0 Å². The molecule has 2 aromatic carbocycles. The number of rotatable bonds is 3. The molecule has 2 aliphatic heterocycles. The third-order valence-electron chi connectivity index (χ3n) is 3.32. The molecule has 0 N–H and O–H groups in total. The lowest BCUT2D eigenvalue weighted by molar-refractivity contribution is -0.445. The summed E-state index contributed by atoms with van der Waals surface area (Å²) in [7, 11) is 0.889. The average Bonchev–Trinajstić information content (AvgIpc) is 3.34. The Morgan fingerprint density at radius 1 is 0.828 bits per heavy atom. The van der Waals surface area contributed by atoms with E-state index in [4.69, 9.17) is 29.1 Å². The van der Waals surface area contributed by atoms with Gasteiger partial charge in [-0.3, -0.25) is 25.0 Å². The van der Waals surface area contributed by atoms with Crippen LogP contribution in [0.25, 0.3) is 6.08 Å². The van der Waals surface area contributed by atoms with E-state index in [1.54, 1.807) is 36.4 Å². The van der Waals surface area contributed by atoms with Crippen molar-refractivity contribution in [2.45, 2.75) is 0 Å². The zero-order valence-corrected chi connectivity index (χ0v) is 15.2. The monoisotopic (exact) mass is 404 g/mol. The van der Waals surface area contributed by atoms with Gasteiger partial charge in [0, 0.05) is 16.6 Å². The van der Waals surface area contributed by atoms with E-state index in [0.29, 0.717) is 34.1 Å². The Kier molecular flexibility index (Phi) is 7.48. The van der Waals surface area contributed by atoms with Crippen LogP contribution in [-0.2, 0) is 0 Å². The molecule has 2 aliphatic rings. The lowest BCUT2D eigenvalue weighted by atomic mass is 10.2. The maximum absolute atomic E-state index is 10.3. The van der Waals surface area contributed by atoms with E-state index in [1.165, 1.54) is 6.08 Å². The van der Waals surface area contributed by atoms with Gasteiger partial charge in [0.2, 0.25) is 19.8 Å². The van der Waals surface area contributed by atoms with Crippen LogP contribution in [0, 0.1) is 20.2 Å². The molecule has 0 spiro atoms. The molecule has 29 heavy (non-hydrogen) atoms. The number of carbonyl (C=O) groups is 1. The number of carbonyl (C=O) groups excluding carboxylic acids is 1. The number of fused-ring (bicyclic) bond motifs is 2. The summed E-state index contributed by atoms with van der Waals surface area (Å²) < 4.78 is 20.3. The third-order valence-corrected chi connectivity index (χ3v) is 3.32. The highest BCUT2D eigenvalue weighted by Crippen LogP contribution is 2.33. The fourth-order valence-electron chi connectivity index (χ4n) is 2.15. The number of benzene rings is 2. The van der Waals surface area contributed by atoms with Crippen molar-refractivity contribution in [1.29, 1.82) is 0 Å². The highest BCUT2D eigenvalue weighted by molar-refractivity contribution is 5.76. The van der Waals surface area contributed by atoms with E-state index in [2.05, 4.69) is 0 Å². The summed E-state index contributed by atoms with van der Waals surface area (Å²) in [4.78, 5) is 28.2. The maximum atomic E-state index is 10.3. The van der Waals surface area contributed by atoms with Gasteiger partial charge in [0.05, 0.1) is 4.92 Å². The molecule has 0 unspecified atom stereocenters. The van der Waals surface area contributed by atoms with E-state index in [9.17, 15) is 14.9 Å². The quantitative estimate of drug-likeness (QED) is 0.429. The minimum Gasteiger partial charge on any atom is -0.454 e. The second kappa shape index (κ2) is 10.3. The predicted octanol–water partition coefficient (Wildman–Crippen LogP) is 2.78. The topological polar surface area (TPSA) is 140 Å². The van der Waals surface area contributed by atoms with Crippen molar-refractivity contribution in [1.82, 2.24) is 0 Å². The van der Waals surface area contributed by atoms with Crippen LogP contribution in [-0.4, -0.2) is 36.8 Å². The molecule has 2 heterocycles. The second-order valence-electron chi connectivity index (χ2n) is 5.38. The molecular formula is C18H16N2O9. The average molecular weight is 404 g/mol. The Bertz CT molecular complexity index is 924. The minimum absolute atomic E-state index is 0.206. The molecule has 0 fully saturated rings. The molecule has 2 aromatic rings. The minimum atomic E-state index is -0.509. The summed E-state index contributed by atoms with van der Waals surface area (Å²) in [6.45, 7) is 0.454. The van der Waals surface area contributed by atoms with E-state index >= 15 is 0 Å². The zero-order chi connectivity index (χ0) is 21.2. The number of aldehydes is 1. The van der Waals surface area contributed by atoms with Gasteiger partial charge in [-0.15, -0.1) is 0 Å². The Hall–Kier alpha value is -4.15. The molecule has 152 valence electrons. The van der Waals surface area contributed by atoms with Crippen molar-refractivity contribution in [3.8, 4) is 23.0 Å². The van der Waals surface area contributed by atoms with Crippen molar-refractivity contribution in [2.75, 3.05) is 20.6 Å². The Morgan fingerprint density at radius 3 is 1.76 bits per heavy atom. The number of hydrogen-bond acceptors (Lipinski definition) is 9. The first-order valence-corrected chi connectivity index (χ1v) is 8.03. The van der Waals surface area contributed by atoms with Gasteiger partial charge < -0.3 is 18.9 Å². The Balaban J connectivity index is 0.000000179. The highest BCUT2D eigenvalue weighted by Gasteiger charge is 2.13. The smallest absolute Gasteiger partial charge is 0.235 e. The SMILES string of the molecule is C[N+](=O)[O-].O=Cc1ccc2c(c1)OCO2.O=[N+]([O-])/C=C/c1ccc2c(c1)OCO2. The standard InChI is InChI=1S/C9H7NO4.C8H6O3.CH3NO2/c11-10(12)4-3-7-1-2-8-9(5-7)14-6-13-8;9-4-6-1-2-7-8(3-6)11-5-10-7;1-2(3)4/h1-5H,6H2;1-4H,5H2;1H3/b4-3+;;. The lowest BCUT2D eigenvalue weighted by Gasteiger charge is -1.95. The highest BCUT2D eigenvalue weighted by atomic mass is 16.7. The van der Waals surface area contributed by atoms with Gasteiger partial charge in [-0.2, -0.15) is 0 Å². The molecule has 0 saturated heterocycles. The van der Waals surface area contributed by atoms with Gasteiger partial charge in [-0.1, -0.05) is 6.07 Å². The van der Waals surface area contributed by atoms with Crippen LogP contribution in [0.3, 0.4) is 0 Å². The van der Waals surface area contributed by atoms with E-state index in [-0.39, 0.29) is 13.6 Å². The largest absolute Gasteiger partial charge is 0.454 e. The number of hydrogen-bond donors (Lipinski definition) is 0. The summed E-state index contributed by atoms with van der Waals surface area (Å²) in [5.74, 6) is 2.64. The van der Waals surface area contributed by atoms with Gasteiger partial charge in [0.15, 0.2) is 30.0 Å². The summed E-state index contributed by atoms with van der Waals surface area (Å²) in [6, 6.07) is 10.2. The summed E-state index contributed by atoms with van der Waals surface area (Å²) in [6.07, 6.45) is 3.07. The number of nitro groups is 2. The fourth-order valence-corrected chi connectivity index (χ4v) is 2.15. The molecule has 0 aromatic heterocycles. The molecule has 0 saturated carbocycles. The summed E-state index contributed by atoms with van der Waals surface area (Å²) in [5, 5.41) is 18.9. The van der Waals surface area contributed by atoms with Crippen LogP contribution >= 0.6 is 0 Å². The van der Waals surface area contributed by atoms with Crippen molar-refractivity contribution < 1.29 is 33.6 Å². The van der Waals surface area contributed by atoms with Gasteiger partial charge in [0.1, 0.15) is 6.29 Å². The molecule has 4 rings (SSSR count). The first-order chi connectivity index (χ1) is 13.9. The lowest BCUT2D eigenvalue weighted by Crippen LogP contribution is -1.92. The van der Waals surface area contributed by atoms with Crippen molar-refractivity contribution in [3.05, 3.63) is 74.0 Å². The third kappa shape index (κ3) is 6.82. The van der Waals surface area contributed by atoms with Crippen LogP contribution in [0.15, 0.2) is 42.6 Å². The molecule has 0 radical (unpaired) electrons. The maximum Gasteiger partial charge on any atom is 0.235 e. The predicted molar refractivity (Wildman–Crippen MR) is 99.5 cm³/mol. The zero-order valence-electron chi connectivity index (χ0n) is 15.2. The number of ether oxygens (including phenoxy) is 4. The van der Waals surface area contributed by atoms with Crippen LogP contribution in [0.5, 0.6) is 23.0 Å². The van der Waals surface area contributed by atoms with Crippen LogP contribution < -0.4 is 18.9 Å². The van der Waals surface area contributed by atoms with Gasteiger partial charge in [-0.25, -0.2) is 0 Å². The van der Waals surface area contributed by atoms with Crippen LogP contribution in [0.2, 0.25) is 0 Å². The molecule has 0 aliphatic carbocycles. The van der Waals surface area contributed by atoms with Crippen LogP contribution in [0.1, 0.15) is 15.9 Å². The molecule has 0 atom stereocenters. The van der Waals surface area contributed by atoms with E-state index in [0.717, 1.165) is 19.5 Å². The molecule has 0 bridgehead atoms. The second-order valence-corrected chi connectivity index (χ2v) is 5.38. The van der Waals surface area contributed by atoms with E-state index in [1.807, 2.05) is 0 Å². The first-order valence-electron chi connectivity index (χ1n) is 8.03. The Morgan fingerprint density at radius 2 is 1.28 bits per heavy atom. The van der Waals surface area contributed by atoms with Gasteiger partial charge >= 0.3 is 0 Å². The van der Waals surface area contributed by atoms with Gasteiger partial charge in [0.25, 0.3) is 0 Å². The first kappa shape index (κ1) is 21.2. The molecular weight excluding hydrogens is 388 g/mol. The number of nitrogens with zero attached hydrogens (tertiary/aromatic N) is 2. The van der Waals surface area contributed by atoms with Gasteiger partial charge in [-0.05, 0) is 35.9 Å². The van der Waals surface area contributed by atoms with Crippen molar-refractivity contribution >= 4 is 12.4 Å². The molecule has 11 heteroatoms. The van der Waals surface area contributed by atoms with E-state index < -0.39 is 9.85 Å². The molecule has 11 nitrogen and oxygen atoms in total. The molecule has 0 amide bonds. The normalized spacial score (nSPS) is 12.3. The summed E-state index contributed by atoms with van der Waals surface area (Å²) in [5.41, 5.74) is 1.32. The van der Waals surface area contributed by atoms with Crippen LogP contribution in [0.4, 0.5) is 0 Å². The summed E-state index contributed by atoms with van der Waals surface area (Å²) >= 11 is 0. The van der Waals surface area contributed by atoms with Crippen molar-refractivity contribution in [3.63, 3.8) is 0 Å².